The van der Waals surface area contributed by atoms with Gasteiger partial charge >= 0.3 is 0 Å². The van der Waals surface area contributed by atoms with Gasteiger partial charge in [-0.2, -0.15) is 0 Å². The van der Waals surface area contributed by atoms with Crippen molar-refractivity contribution < 1.29 is 0 Å². The summed E-state index contributed by atoms with van der Waals surface area (Å²) in [5.41, 5.74) is 9.87. The van der Waals surface area contributed by atoms with Crippen LogP contribution in [-0.4, -0.2) is 0 Å². The normalized spacial score (nSPS) is 11.6. The van der Waals surface area contributed by atoms with Crippen LogP contribution in [0.4, 0.5) is 0 Å². The molecule has 0 radical (unpaired) electrons. The maximum Gasteiger partial charge on any atom is -0.0112 e. The van der Waals surface area contributed by atoms with Gasteiger partial charge in [0.1, 0.15) is 0 Å². The maximum absolute atomic E-state index is 2.34. The molecular formula is C26H30. The second-order valence-corrected chi connectivity index (χ2v) is 8.03. The standard InChI is InChI=1S/C26H30/c1-6-19-13-14-20(7-2)25(26(3,4)5)24(19)23-17-15-22(16-18-23)21-11-9-8-10-12-21/h8-18H,6-7H2,1-5H3. The summed E-state index contributed by atoms with van der Waals surface area (Å²) in [4.78, 5) is 0. The quantitative estimate of drug-likeness (QED) is 0.462. The fourth-order valence-corrected chi connectivity index (χ4v) is 3.92. The number of hydrogen-bond donors (Lipinski definition) is 0. The lowest BCUT2D eigenvalue weighted by atomic mass is 9.76. The minimum Gasteiger partial charge on any atom is -0.0622 e. The van der Waals surface area contributed by atoms with Crippen LogP contribution in [0.3, 0.4) is 0 Å². The molecule has 0 fully saturated rings. The summed E-state index contributed by atoms with van der Waals surface area (Å²) in [5, 5.41) is 0. The van der Waals surface area contributed by atoms with Crippen molar-refractivity contribution in [2.24, 2.45) is 0 Å². The molecule has 0 N–H and O–H groups in total. The molecule has 0 spiro atoms. The van der Waals surface area contributed by atoms with E-state index >= 15 is 0 Å². The predicted molar refractivity (Wildman–Crippen MR) is 115 cm³/mol. The van der Waals surface area contributed by atoms with Crippen LogP contribution >= 0.6 is 0 Å². The minimum atomic E-state index is 0.129. The topological polar surface area (TPSA) is 0 Å². The van der Waals surface area contributed by atoms with Crippen LogP contribution in [0, 0.1) is 0 Å². The van der Waals surface area contributed by atoms with Crippen molar-refractivity contribution in [2.45, 2.75) is 52.9 Å². The molecular weight excluding hydrogens is 312 g/mol. The van der Waals surface area contributed by atoms with Crippen LogP contribution in [-0.2, 0) is 18.3 Å². The Morgan fingerprint density at radius 1 is 0.577 bits per heavy atom. The van der Waals surface area contributed by atoms with Gasteiger partial charge in [-0.15, -0.1) is 0 Å². The van der Waals surface area contributed by atoms with E-state index in [-0.39, 0.29) is 5.41 Å². The summed E-state index contributed by atoms with van der Waals surface area (Å²) in [6, 6.07) is 24.4. The Kier molecular flexibility index (Phi) is 5.32. The molecule has 0 aromatic heterocycles. The van der Waals surface area contributed by atoms with Gasteiger partial charge in [0.2, 0.25) is 0 Å². The van der Waals surface area contributed by atoms with Crippen molar-refractivity contribution in [3.8, 4) is 22.3 Å². The maximum atomic E-state index is 2.34. The molecule has 0 bridgehead atoms. The van der Waals surface area contributed by atoms with Gasteiger partial charge in [-0.05, 0) is 57.2 Å². The third-order valence-electron chi connectivity index (χ3n) is 5.17. The highest BCUT2D eigenvalue weighted by Crippen LogP contribution is 2.39. The summed E-state index contributed by atoms with van der Waals surface area (Å²) in [5.74, 6) is 0. The van der Waals surface area contributed by atoms with E-state index in [4.69, 9.17) is 0 Å². The summed E-state index contributed by atoms with van der Waals surface area (Å²) in [7, 11) is 0. The Balaban J connectivity index is 2.17. The zero-order chi connectivity index (χ0) is 18.7. The van der Waals surface area contributed by atoms with Crippen molar-refractivity contribution in [1.29, 1.82) is 0 Å². The third kappa shape index (κ3) is 3.60. The van der Waals surface area contributed by atoms with E-state index < -0.39 is 0 Å². The number of aryl methyl sites for hydroxylation is 2. The molecule has 0 amide bonds. The van der Waals surface area contributed by atoms with E-state index in [2.05, 4.69) is 101 Å². The van der Waals surface area contributed by atoms with Crippen molar-refractivity contribution in [1.82, 2.24) is 0 Å². The zero-order valence-corrected chi connectivity index (χ0v) is 16.8. The van der Waals surface area contributed by atoms with E-state index in [1.165, 1.54) is 38.9 Å². The molecule has 0 aliphatic heterocycles. The smallest absolute Gasteiger partial charge is 0.0112 e. The fraction of sp³-hybridized carbons (Fsp3) is 0.308. The molecule has 0 aliphatic carbocycles. The fourth-order valence-electron chi connectivity index (χ4n) is 3.92. The Bertz CT molecular complexity index is 862. The van der Waals surface area contributed by atoms with Crippen LogP contribution in [0.1, 0.15) is 51.3 Å². The van der Waals surface area contributed by atoms with E-state index in [9.17, 15) is 0 Å². The summed E-state index contributed by atoms with van der Waals surface area (Å²) in [6.45, 7) is 11.5. The molecule has 26 heavy (non-hydrogen) atoms. The molecule has 0 unspecified atom stereocenters. The van der Waals surface area contributed by atoms with Crippen LogP contribution in [0.2, 0.25) is 0 Å². The van der Waals surface area contributed by atoms with Gasteiger partial charge < -0.3 is 0 Å². The molecule has 0 saturated carbocycles. The first-order valence-corrected chi connectivity index (χ1v) is 9.76. The highest BCUT2D eigenvalue weighted by atomic mass is 14.3. The lowest BCUT2D eigenvalue weighted by Gasteiger charge is -2.28. The molecule has 0 heterocycles. The Labute approximate surface area is 158 Å². The van der Waals surface area contributed by atoms with E-state index in [1.54, 1.807) is 0 Å². The van der Waals surface area contributed by atoms with Gasteiger partial charge in [0, 0.05) is 0 Å². The van der Waals surface area contributed by atoms with E-state index in [0.717, 1.165) is 12.8 Å². The Hall–Kier alpha value is -2.34. The number of hydrogen-bond acceptors (Lipinski definition) is 0. The average molecular weight is 343 g/mol. The summed E-state index contributed by atoms with van der Waals surface area (Å²) >= 11 is 0. The van der Waals surface area contributed by atoms with Crippen molar-refractivity contribution >= 4 is 0 Å². The van der Waals surface area contributed by atoms with Gasteiger partial charge in [0.25, 0.3) is 0 Å². The molecule has 134 valence electrons. The number of rotatable bonds is 4. The first-order chi connectivity index (χ1) is 12.5. The molecule has 0 saturated heterocycles. The largest absolute Gasteiger partial charge is 0.0622 e. The highest BCUT2D eigenvalue weighted by Gasteiger charge is 2.24. The van der Waals surface area contributed by atoms with Crippen molar-refractivity contribution in [3.63, 3.8) is 0 Å². The van der Waals surface area contributed by atoms with Gasteiger partial charge in [-0.25, -0.2) is 0 Å². The molecule has 3 aromatic rings. The lowest BCUT2D eigenvalue weighted by molar-refractivity contribution is 0.584. The molecule has 3 aromatic carbocycles. The third-order valence-corrected chi connectivity index (χ3v) is 5.17. The van der Waals surface area contributed by atoms with Gasteiger partial charge in [0.05, 0.1) is 0 Å². The minimum absolute atomic E-state index is 0.129. The summed E-state index contributed by atoms with van der Waals surface area (Å²) < 4.78 is 0. The van der Waals surface area contributed by atoms with Gasteiger partial charge in [-0.3, -0.25) is 0 Å². The molecule has 0 heteroatoms. The van der Waals surface area contributed by atoms with Crippen LogP contribution in [0.25, 0.3) is 22.3 Å². The second-order valence-electron chi connectivity index (χ2n) is 8.03. The lowest BCUT2D eigenvalue weighted by Crippen LogP contribution is -2.17. The summed E-state index contributed by atoms with van der Waals surface area (Å²) in [6.07, 6.45) is 2.13. The van der Waals surface area contributed by atoms with Crippen molar-refractivity contribution in [2.75, 3.05) is 0 Å². The first-order valence-electron chi connectivity index (χ1n) is 9.76. The molecule has 0 nitrogen and oxygen atoms in total. The molecule has 0 atom stereocenters. The van der Waals surface area contributed by atoms with Crippen LogP contribution in [0.5, 0.6) is 0 Å². The van der Waals surface area contributed by atoms with E-state index in [0.29, 0.717) is 0 Å². The van der Waals surface area contributed by atoms with E-state index in [1.807, 2.05) is 0 Å². The molecule has 3 rings (SSSR count). The Morgan fingerprint density at radius 3 is 1.62 bits per heavy atom. The van der Waals surface area contributed by atoms with Crippen LogP contribution in [0.15, 0.2) is 66.7 Å². The predicted octanol–water partition coefficient (Wildman–Crippen LogP) is 7.44. The highest BCUT2D eigenvalue weighted by molar-refractivity contribution is 5.76. The van der Waals surface area contributed by atoms with Gasteiger partial charge in [0.15, 0.2) is 0 Å². The molecule has 0 aliphatic rings. The van der Waals surface area contributed by atoms with Gasteiger partial charge in [-0.1, -0.05) is 101 Å². The first kappa shape index (κ1) is 18.5. The van der Waals surface area contributed by atoms with Crippen LogP contribution < -0.4 is 0 Å². The van der Waals surface area contributed by atoms with Crippen molar-refractivity contribution in [3.05, 3.63) is 83.4 Å². The monoisotopic (exact) mass is 342 g/mol. The SMILES string of the molecule is CCc1ccc(CC)c(C(C)(C)C)c1-c1ccc(-c2ccccc2)cc1. The average Bonchev–Trinajstić information content (AvgIpc) is 2.67. The second kappa shape index (κ2) is 7.50. The number of benzene rings is 3. The Morgan fingerprint density at radius 2 is 1.08 bits per heavy atom. The zero-order valence-electron chi connectivity index (χ0n) is 16.8.